The number of rotatable bonds is 5. The summed E-state index contributed by atoms with van der Waals surface area (Å²) in [6, 6.07) is 6.25. The topological polar surface area (TPSA) is 80.0 Å². The molecule has 0 bridgehead atoms. The van der Waals surface area contributed by atoms with E-state index in [0.717, 1.165) is 65.5 Å². The molecule has 0 atom stereocenters. The lowest BCUT2D eigenvalue weighted by molar-refractivity contribution is 0.451. The number of nitrogens with one attached hydrogen (secondary N) is 2. The van der Waals surface area contributed by atoms with E-state index in [9.17, 15) is 0 Å². The van der Waals surface area contributed by atoms with Crippen molar-refractivity contribution in [1.82, 2.24) is 29.7 Å². The third-order valence-electron chi connectivity index (χ3n) is 5.98. The van der Waals surface area contributed by atoms with E-state index < -0.39 is 0 Å². The Morgan fingerprint density at radius 1 is 1.03 bits per heavy atom. The van der Waals surface area contributed by atoms with Gasteiger partial charge in [0.25, 0.3) is 0 Å². The summed E-state index contributed by atoms with van der Waals surface area (Å²) in [6.07, 6.45) is 11.9. The first-order valence-electron chi connectivity index (χ1n) is 10.8. The molecule has 5 heterocycles. The molecule has 1 saturated heterocycles. The summed E-state index contributed by atoms with van der Waals surface area (Å²) in [7, 11) is 0. The molecule has 0 aliphatic carbocycles. The van der Waals surface area contributed by atoms with Gasteiger partial charge in [-0.2, -0.15) is 0 Å². The van der Waals surface area contributed by atoms with Crippen molar-refractivity contribution in [1.29, 1.82) is 0 Å². The molecule has 1 aliphatic rings. The van der Waals surface area contributed by atoms with Crippen molar-refractivity contribution in [3.63, 3.8) is 0 Å². The number of fused-ring (bicyclic) bond motifs is 1. The first-order valence-corrected chi connectivity index (χ1v) is 10.8. The molecular formula is C24H27N7. The fourth-order valence-corrected chi connectivity index (χ4v) is 4.39. The lowest BCUT2D eigenvalue weighted by Crippen LogP contribution is -2.27. The van der Waals surface area contributed by atoms with Crippen LogP contribution >= 0.6 is 0 Å². The Kier molecular flexibility index (Phi) is 5.34. The Morgan fingerprint density at radius 3 is 2.71 bits per heavy atom. The Morgan fingerprint density at radius 2 is 1.90 bits per heavy atom. The van der Waals surface area contributed by atoms with Crippen LogP contribution in [0, 0.1) is 13.8 Å². The molecule has 0 spiro atoms. The van der Waals surface area contributed by atoms with Crippen molar-refractivity contribution in [3.8, 4) is 11.3 Å². The summed E-state index contributed by atoms with van der Waals surface area (Å²) in [5, 5.41) is 6.89. The quantitative estimate of drug-likeness (QED) is 0.517. The van der Waals surface area contributed by atoms with Crippen molar-refractivity contribution in [2.45, 2.75) is 39.2 Å². The molecule has 2 N–H and O–H groups in total. The third-order valence-corrected chi connectivity index (χ3v) is 5.98. The van der Waals surface area contributed by atoms with E-state index in [-0.39, 0.29) is 0 Å². The normalized spacial score (nSPS) is 14.8. The summed E-state index contributed by atoms with van der Waals surface area (Å²) in [5.74, 6) is 1.34. The van der Waals surface area contributed by atoms with Crippen LogP contribution in [0.2, 0.25) is 0 Å². The highest BCUT2D eigenvalue weighted by Gasteiger charge is 2.20. The maximum atomic E-state index is 4.71. The van der Waals surface area contributed by atoms with E-state index in [0.29, 0.717) is 12.5 Å². The predicted octanol–water partition coefficient (Wildman–Crippen LogP) is 3.88. The zero-order chi connectivity index (χ0) is 21.2. The highest BCUT2D eigenvalue weighted by Crippen LogP contribution is 2.27. The van der Waals surface area contributed by atoms with Gasteiger partial charge in [0.15, 0.2) is 11.5 Å². The smallest absolute Gasteiger partial charge is 0.180 e. The van der Waals surface area contributed by atoms with Crippen molar-refractivity contribution >= 4 is 11.5 Å². The molecule has 5 rings (SSSR count). The van der Waals surface area contributed by atoms with Crippen LogP contribution in [0.5, 0.6) is 0 Å². The van der Waals surface area contributed by atoms with Crippen molar-refractivity contribution < 1.29 is 0 Å². The monoisotopic (exact) mass is 413 g/mol. The van der Waals surface area contributed by atoms with Gasteiger partial charge in [0, 0.05) is 60.4 Å². The van der Waals surface area contributed by atoms with Gasteiger partial charge in [0.2, 0.25) is 0 Å². The van der Waals surface area contributed by atoms with E-state index in [1.54, 1.807) is 0 Å². The number of aryl methyl sites for hydroxylation is 2. The highest BCUT2D eigenvalue weighted by atomic mass is 15.1. The zero-order valence-electron chi connectivity index (χ0n) is 18.0. The summed E-state index contributed by atoms with van der Waals surface area (Å²) in [4.78, 5) is 18.2. The SMILES string of the molecule is Cc1cc(-c2ncc(CNc3nccn4c(C5CCNCC5)cnc34)cc2C)ccn1. The average molecular weight is 414 g/mol. The molecule has 0 aromatic carbocycles. The molecular weight excluding hydrogens is 386 g/mol. The molecule has 158 valence electrons. The summed E-state index contributed by atoms with van der Waals surface area (Å²) < 4.78 is 2.18. The predicted molar refractivity (Wildman–Crippen MR) is 122 cm³/mol. The second-order valence-electron chi connectivity index (χ2n) is 8.23. The Bertz CT molecular complexity index is 1210. The van der Waals surface area contributed by atoms with Gasteiger partial charge >= 0.3 is 0 Å². The molecule has 0 amide bonds. The van der Waals surface area contributed by atoms with Crippen LogP contribution in [-0.2, 0) is 6.54 Å². The average Bonchev–Trinajstić information content (AvgIpc) is 3.23. The maximum absolute atomic E-state index is 4.71. The summed E-state index contributed by atoms with van der Waals surface area (Å²) in [5.41, 5.74) is 7.49. The molecule has 31 heavy (non-hydrogen) atoms. The number of nitrogens with zero attached hydrogens (tertiary/aromatic N) is 5. The molecule has 4 aromatic rings. The van der Waals surface area contributed by atoms with E-state index >= 15 is 0 Å². The third kappa shape index (κ3) is 4.01. The van der Waals surface area contributed by atoms with Crippen LogP contribution < -0.4 is 10.6 Å². The molecule has 7 nitrogen and oxygen atoms in total. The largest absolute Gasteiger partial charge is 0.363 e. The minimum absolute atomic E-state index is 0.544. The van der Waals surface area contributed by atoms with E-state index in [1.807, 2.05) is 44.0 Å². The zero-order valence-corrected chi connectivity index (χ0v) is 18.0. The number of pyridine rings is 2. The number of anilines is 1. The summed E-state index contributed by atoms with van der Waals surface area (Å²) in [6.45, 7) is 6.87. The van der Waals surface area contributed by atoms with Gasteiger partial charge in [-0.25, -0.2) is 9.97 Å². The Balaban J connectivity index is 1.35. The van der Waals surface area contributed by atoms with Crippen LogP contribution in [0.15, 0.2) is 49.2 Å². The van der Waals surface area contributed by atoms with E-state index in [2.05, 4.69) is 49.0 Å². The fourth-order valence-electron chi connectivity index (χ4n) is 4.39. The van der Waals surface area contributed by atoms with Crippen LogP contribution in [0.3, 0.4) is 0 Å². The number of piperidine rings is 1. The van der Waals surface area contributed by atoms with E-state index in [1.165, 1.54) is 5.69 Å². The highest BCUT2D eigenvalue weighted by molar-refractivity contribution is 5.64. The lowest BCUT2D eigenvalue weighted by Gasteiger charge is -2.22. The molecule has 1 fully saturated rings. The molecule has 0 saturated carbocycles. The lowest BCUT2D eigenvalue weighted by atomic mass is 9.95. The van der Waals surface area contributed by atoms with Gasteiger partial charge in [-0.1, -0.05) is 6.07 Å². The maximum Gasteiger partial charge on any atom is 0.180 e. The second kappa shape index (κ2) is 8.43. The number of imidazole rings is 1. The van der Waals surface area contributed by atoms with Crippen molar-refractivity contribution in [2.75, 3.05) is 18.4 Å². The van der Waals surface area contributed by atoms with Gasteiger partial charge in [0.1, 0.15) is 0 Å². The number of hydrogen-bond acceptors (Lipinski definition) is 6. The minimum Gasteiger partial charge on any atom is -0.363 e. The Hall–Kier alpha value is -3.32. The Labute approximate surface area is 182 Å². The summed E-state index contributed by atoms with van der Waals surface area (Å²) >= 11 is 0. The van der Waals surface area contributed by atoms with Gasteiger partial charge in [-0.15, -0.1) is 0 Å². The van der Waals surface area contributed by atoms with Crippen LogP contribution in [-0.4, -0.2) is 37.4 Å². The first-order chi connectivity index (χ1) is 15.2. The van der Waals surface area contributed by atoms with E-state index in [4.69, 9.17) is 4.98 Å². The minimum atomic E-state index is 0.544. The number of aromatic nitrogens is 5. The van der Waals surface area contributed by atoms with Crippen LogP contribution in [0.1, 0.15) is 41.3 Å². The molecule has 1 aliphatic heterocycles. The van der Waals surface area contributed by atoms with Gasteiger partial charge in [-0.05, 0) is 63.0 Å². The fraction of sp³-hybridized carbons (Fsp3) is 0.333. The van der Waals surface area contributed by atoms with Crippen LogP contribution in [0.25, 0.3) is 16.9 Å². The molecule has 4 aromatic heterocycles. The van der Waals surface area contributed by atoms with Gasteiger partial charge in [0.05, 0.1) is 5.69 Å². The molecule has 7 heteroatoms. The van der Waals surface area contributed by atoms with Gasteiger partial charge < -0.3 is 10.6 Å². The van der Waals surface area contributed by atoms with Crippen LogP contribution in [0.4, 0.5) is 5.82 Å². The molecule has 0 unspecified atom stereocenters. The second-order valence-corrected chi connectivity index (χ2v) is 8.23. The number of hydrogen-bond donors (Lipinski definition) is 2. The van der Waals surface area contributed by atoms with Crippen molar-refractivity contribution in [2.24, 2.45) is 0 Å². The van der Waals surface area contributed by atoms with Crippen molar-refractivity contribution in [3.05, 3.63) is 71.7 Å². The first kappa shape index (κ1) is 19.6. The molecule has 0 radical (unpaired) electrons. The standard InChI is InChI=1S/C24H27N7/c1-16-11-18(13-28-22(16)20-5-8-26-17(2)12-20)14-29-23-24-30-15-21(31(24)10-9-27-23)19-3-6-25-7-4-19/h5,8-13,15,19,25H,3-4,6-7,14H2,1-2H3,(H,27,29). The van der Waals surface area contributed by atoms with Gasteiger partial charge in [-0.3, -0.25) is 14.4 Å².